The largest absolute Gasteiger partial charge is 0.303 e. The van der Waals surface area contributed by atoms with Gasteiger partial charge in [0.15, 0.2) is 0 Å². The number of rotatable bonds is 5. The smallest absolute Gasteiger partial charge is 0.104 e. The molecule has 0 aromatic heterocycles. The lowest BCUT2D eigenvalue weighted by Crippen LogP contribution is -2.38. The van der Waals surface area contributed by atoms with Crippen molar-refractivity contribution in [1.82, 2.24) is 5.32 Å². The number of thioether (sulfide) groups is 1. The number of nitriles is 1. The molecule has 0 saturated heterocycles. The Morgan fingerprint density at radius 2 is 2.18 bits per heavy atom. The second-order valence-electron chi connectivity index (χ2n) is 3.87. The van der Waals surface area contributed by atoms with E-state index in [1.165, 1.54) is 0 Å². The maximum Gasteiger partial charge on any atom is 0.104 e. The van der Waals surface area contributed by atoms with Crippen molar-refractivity contribution in [1.29, 1.82) is 5.26 Å². The molecule has 5 heteroatoms. The van der Waals surface area contributed by atoms with Crippen LogP contribution in [0.1, 0.15) is 13.3 Å². The van der Waals surface area contributed by atoms with E-state index in [1.807, 2.05) is 13.0 Å². The van der Waals surface area contributed by atoms with Crippen molar-refractivity contribution in [2.45, 2.75) is 23.8 Å². The number of halogens is 2. The summed E-state index contributed by atoms with van der Waals surface area (Å²) >= 11 is 13.6. The van der Waals surface area contributed by atoms with Gasteiger partial charge >= 0.3 is 0 Å². The fraction of sp³-hybridized carbons (Fsp3) is 0.417. The van der Waals surface area contributed by atoms with Crippen molar-refractivity contribution in [3.63, 3.8) is 0 Å². The minimum Gasteiger partial charge on any atom is -0.303 e. The highest BCUT2D eigenvalue weighted by atomic mass is 35.5. The second kappa shape index (κ2) is 6.51. The number of hydrogen-bond donors (Lipinski definition) is 1. The van der Waals surface area contributed by atoms with Gasteiger partial charge in [-0.1, -0.05) is 23.2 Å². The monoisotopic (exact) mass is 288 g/mol. The molecule has 1 atom stereocenters. The number of benzene rings is 1. The van der Waals surface area contributed by atoms with E-state index in [2.05, 4.69) is 11.4 Å². The minimum atomic E-state index is -0.488. The Morgan fingerprint density at radius 3 is 2.76 bits per heavy atom. The molecular formula is C12H14Cl2N2S. The van der Waals surface area contributed by atoms with Gasteiger partial charge < -0.3 is 5.32 Å². The van der Waals surface area contributed by atoms with Gasteiger partial charge in [-0.15, -0.1) is 11.8 Å². The van der Waals surface area contributed by atoms with E-state index < -0.39 is 5.54 Å². The Balaban J connectivity index is 2.57. The first kappa shape index (κ1) is 14.7. The first-order chi connectivity index (χ1) is 8.00. The summed E-state index contributed by atoms with van der Waals surface area (Å²) in [6, 6.07) is 7.65. The van der Waals surface area contributed by atoms with Crippen LogP contribution in [0.2, 0.25) is 10.0 Å². The number of nitrogens with one attached hydrogen (secondary N) is 1. The predicted octanol–water partition coefficient (Wildman–Crippen LogP) is 3.98. The van der Waals surface area contributed by atoms with Gasteiger partial charge in [0.1, 0.15) is 5.54 Å². The molecule has 1 aromatic rings. The second-order valence-corrected chi connectivity index (χ2v) is 5.85. The van der Waals surface area contributed by atoms with Crippen LogP contribution >= 0.6 is 35.0 Å². The highest BCUT2D eigenvalue weighted by Crippen LogP contribution is 2.31. The van der Waals surface area contributed by atoms with Crippen LogP contribution in [-0.2, 0) is 0 Å². The summed E-state index contributed by atoms with van der Waals surface area (Å²) in [6.07, 6.45) is 0.744. The van der Waals surface area contributed by atoms with Gasteiger partial charge in [-0.2, -0.15) is 5.26 Å². The lowest BCUT2D eigenvalue weighted by molar-refractivity contribution is 0.480. The van der Waals surface area contributed by atoms with E-state index in [9.17, 15) is 0 Å². The summed E-state index contributed by atoms with van der Waals surface area (Å²) < 4.78 is 0. The topological polar surface area (TPSA) is 35.8 Å². The Morgan fingerprint density at radius 1 is 1.47 bits per heavy atom. The molecule has 1 N–H and O–H groups in total. The number of hydrogen-bond acceptors (Lipinski definition) is 3. The zero-order valence-corrected chi connectivity index (χ0v) is 12.1. The SMILES string of the molecule is CNC(C)(C#N)CCSc1cc(Cl)ccc1Cl. The normalized spacial score (nSPS) is 14.1. The third-order valence-electron chi connectivity index (χ3n) is 2.55. The lowest BCUT2D eigenvalue weighted by atomic mass is 10.0. The van der Waals surface area contributed by atoms with E-state index in [1.54, 1.807) is 30.9 Å². The van der Waals surface area contributed by atoms with Gasteiger partial charge in [-0.25, -0.2) is 0 Å². The van der Waals surface area contributed by atoms with E-state index in [4.69, 9.17) is 28.5 Å². The van der Waals surface area contributed by atoms with Crippen molar-refractivity contribution >= 4 is 35.0 Å². The summed E-state index contributed by atoms with van der Waals surface area (Å²) in [6.45, 7) is 1.88. The van der Waals surface area contributed by atoms with Gasteiger partial charge in [-0.05, 0) is 38.6 Å². The molecule has 2 nitrogen and oxygen atoms in total. The first-order valence-corrected chi connectivity index (χ1v) is 6.93. The van der Waals surface area contributed by atoms with Gasteiger partial charge in [0.2, 0.25) is 0 Å². The zero-order chi connectivity index (χ0) is 12.9. The van der Waals surface area contributed by atoms with Crippen LogP contribution < -0.4 is 5.32 Å². The van der Waals surface area contributed by atoms with Crippen LogP contribution in [0, 0.1) is 11.3 Å². The molecule has 0 aliphatic carbocycles. The molecule has 92 valence electrons. The van der Waals surface area contributed by atoms with Crippen LogP contribution in [0.4, 0.5) is 0 Å². The van der Waals surface area contributed by atoms with Gasteiger partial charge in [0.25, 0.3) is 0 Å². The standard InChI is InChI=1S/C12H14Cl2N2S/c1-12(8-15,16-2)5-6-17-11-7-9(13)3-4-10(11)14/h3-4,7,16H,5-6H2,1-2H3. The number of nitrogens with zero attached hydrogens (tertiary/aromatic N) is 1. The van der Waals surface area contributed by atoms with Gasteiger partial charge in [0, 0.05) is 15.7 Å². The molecule has 0 saturated carbocycles. The van der Waals surface area contributed by atoms with E-state index in [0.29, 0.717) is 10.0 Å². The summed E-state index contributed by atoms with van der Waals surface area (Å²) in [5, 5.41) is 13.4. The molecular weight excluding hydrogens is 275 g/mol. The molecule has 17 heavy (non-hydrogen) atoms. The quantitative estimate of drug-likeness (QED) is 0.833. The average molecular weight is 289 g/mol. The van der Waals surface area contributed by atoms with Crippen molar-refractivity contribution in [3.05, 3.63) is 28.2 Å². The molecule has 0 aliphatic heterocycles. The molecule has 1 rings (SSSR count). The lowest BCUT2D eigenvalue weighted by Gasteiger charge is -2.20. The average Bonchev–Trinajstić information content (AvgIpc) is 2.33. The molecule has 1 unspecified atom stereocenters. The van der Waals surface area contributed by atoms with E-state index in [-0.39, 0.29) is 0 Å². The Bertz CT molecular complexity index is 431. The fourth-order valence-corrected chi connectivity index (χ4v) is 2.85. The zero-order valence-electron chi connectivity index (χ0n) is 9.76. The molecule has 0 bridgehead atoms. The third kappa shape index (κ3) is 4.40. The van der Waals surface area contributed by atoms with Crippen LogP contribution in [0.3, 0.4) is 0 Å². The van der Waals surface area contributed by atoms with Gasteiger partial charge in [-0.3, -0.25) is 0 Å². The molecule has 0 radical (unpaired) electrons. The van der Waals surface area contributed by atoms with Crippen molar-refractivity contribution in [2.24, 2.45) is 0 Å². The van der Waals surface area contributed by atoms with Crippen LogP contribution in [0.25, 0.3) is 0 Å². The van der Waals surface area contributed by atoms with E-state index in [0.717, 1.165) is 17.1 Å². The maximum atomic E-state index is 9.01. The first-order valence-electron chi connectivity index (χ1n) is 5.19. The van der Waals surface area contributed by atoms with Crippen LogP contribution in [-0.4, -0.2) is 18.3 Å². The molecule has 0 amide bonds. The molecule has 1 aromatic carbocycles. The summed E-state index contributed by atoms with van der Waals surface area (Å²) in [5.74, 6) is 0.810. The summed E-state index contributed by atoms with van der Waals surface area (Å²) in [4.78, 5) is 0.954. The molecule has 0 heterocycles. The molecule has 0 aliphatic rings. The van der Waals surface area contributed by atoms with Crippen LogP contribution in [0.15, 0.2) is 23.1 Å². The molecule has 0 fully saturated rings. The Hall–Kier alpha value is -0.400. The van der Waals surface area contributed by atoms with Crippen molar-refractivity contribution in [3.8, 4) is 6.07 Å². The van der Waals surface area contributed by atoms with Crippen molar-refractivity contribution in [2.75, 3.05) is 12.8 Å². The van der Waals surface area contributed by atoms with Crippen molar-refractivity contribution < 1.29 is 0 Å². The minimum absolute atomic E-state index is 0.488. The molecule has 0 spiro atoms. The summed E-state index contributed by atoms with van der Waals surface area (Å²) in [5.41, 5.74) is -0.488. The Kier molecular flexibility index (Phi) is 5.61. The van der Waals surface area contributed by atoms with E-state index >= 15 is 0 Å². The highest BCUT2D eigenvalue weighted by Gasteiger charge is 2.20. The fourth-order valence-electron chi connectivity index (χ4n) is 1.19. The Labute approximate surface area is 116 Å². The maximum absolute atomic E-state index is 9.01. The van der Waals surface area contributed by atoms with Crippen LogP contribution in [0.5, 0.6) is 0 Å². The summed E-state index contributed by atoms with van der Waals surface area (Å²) in [7, 11) is 1.79. The van der Waals surface area contributed by atoms with Gasteiger partial charge in [0.05, 0.1) is 11.1 Å². The third-order valence-corrected chi connectivity index (χ3v) is 4.29. The highest BCUT2D eigenvalue weighted by molar-refractivity contribution is 7.99. The predicted molar refractivity (Wildman–Crippen MR) is 74.9 cm³/mol.